The van der Waals surface area contributed by atoms with Crippen molar-refractivity contribution in [3.05, 3.63) is 0 Å². The average Bonchev–Trinajstić information content (AvgIpc) is 2.56. The first-order valence-electron chi connectivity index (χ1n) is 5.39. The van der Waals surface area contributed by atoms with Crippen molar-refractivity contribution in [2.45, 2.75) is 50.9 Å². The van der Waals surface area contributed by atoms with Crippen LogP contribution in [0.5, 0.6) is 0 Å². The molecule has 2 unspecified atom stereocenters. The van der Waals surface area contributed by atoms with Crippen LogP contribution in [0.15, 0.2) is 0 Å². The van der Waals surface area contributed by atoms with Crippen LogP contribution in [0.1, 0.15) is 39.5 Å². The summed E-state index contributed by atoms with van der Waals surface area (Å²) in [6, 6.07) is 0. The molecule has 1 saturated heterocycles. The molecule has 1 N–H and O–H groups in total. The van der Waals surface area contributed by atoms with Crippen molar-refractivity contribution in [3.63, 3.8) is 0 Å². The summed E-state index contributed by atoms with van der Waals surface area (Å²) in [6.07, 6.45) is 3.90. The van der Waals surface area contributed by atoms with Crippen LogP contribution in [-0.4, -0.2) is 30.2 Å². The topological polar surface area (TPSA) is 38.7 Å². The molecule has 0 radical (unpaired) electrons. The number of aliphatic hydroxyl groups is 1. The molecule has 2 fully saturated rings. The summed E-state index contributed by atoms with van der Waals surface area (Å²) < 4.78 is 11.3. The second-order valence-electron chi connectivity index (χ2n) is 5.05. The number of rotatable bonds is 2. The van der Waals surface area contributed by atoms with Gasteiger partial charge >= 0.3 is 0 Å². The molecule has 3 heteroatoms. The number of hydrogen-bond donors (Lipinski definition) is 1. The van der Waals surface area contributed by atoms with Gasteiger partial charge in [0.2, 0.25) is 0 Å². The van der Waals surface area contributed by atoms with E-state index in [1.807, 2.05) is 13.8 Å². The Hall–Kier alpha value is -0.120. The lowest BCUT2D eigenvalue weighted by Crippen LogP contribution is -2.54. The molecule has 2 aliphatic rings. The predicted octanol–water partition coefficient (Wildman–Crippen LogP) is 1.69. The quantitative estimate of drug-likeness (QED) is 0.737. The first kappa shape index (κ1) is 10.4. The zero-order valence-corrected chi connectivity index (χ0v) is 9.30. The van der Waals surface area contributed by atoms with E-state index in [-0.39, 0.29) is 5.41 Å². The Labute approximate surface area is 85.4 Å². The monoisotopic (exact) mass is 200 g/mol. The van der Waals surface area contributed by atoms with Crippen LogP contribution in [0.2, 0.25) is 0 Å². The van der Waals surface area contributed by atoms with Gasteiger partial charge in [-0.2, -0.15) is 0 Å². The van der Waals surface area contributed by atoms with Crippen molar-refractivity contribution < 1.29 is 14.6 Å². The Kier molecular flexibility index (Phi) is 2.18. The van der Waals surface area contributed by atoms with Gasteiger partial charge < -0.3 is 14.6 Å². The summed E-state index contributed by atoms with van der Waals surface area (Å²) in [4.78, 5) is 0. The first-order chi connectivity index (χ1) is 6.47. The molecule has 1 aliphatic carbocycles. The van der Waals surface area contributed by atoms with Gasteiger partial charge in [0.15, 0.2) is 5.79 Å². The van der Waals surface area contributed by atoms with E-state index in [0.29, 0.717) is 6.61 Å². The van der Waals surface area contributed by atoms with E-state index in [0.717, 1.165) is 25.7 Å². The first-order valence-corrected chi connectivity index (χ1v) is 5.39. The highest BCUT2D eigenvalue weighted by atomic mass is 16.7. The Bertz CT molecular complexity index is 219. The molecule has 0 aromatic carbocycles. The van der Waals surface area contributed by atoms with E-state index in [4.69, 9.17) is 9.47 Å². The highest BCUT2D eigenvalue weighted by Crippen LogP contribution is 2.60. The van der Waals surface area contributed by atoms with Crippen molar-refractivity contribution >= 4 is 0 Å². The normalized spacial score (nSPS) is 42.9. The van der Waals surface area contributed by atoms with Gasteiger partial charge in [-0.15, -0.1) is 0 Å². The van der Waals surface area contributed by atoms with Crippen LogP contribution in [0.25, 0.3) is 0 Å². The average molecular weight is 200 g/mol. The Morgan fingerprint density at radius 2 is 2.00 bits per heavy atom. The summed E-state index contributed by atoms with van der Waals surface area (Å²) in [5.74, 6) is -0.523. The van der Waals surface area contributed by atoms with Crippen LogP contribution in [-0.2, 0) is 9.47 Å². The number of hydrogen-bond acceptors (Lipinski definition) is 3. The summed E-state index contributed by atoms with van der Waals surface area (Å²) in [5, 5.41) is 10.3. The maximum absolute atomic E-state index is 10.3. The zero-order valence-electron chi connectivity index (χ0n) is 9.30. The van der Waals surface area contributed by atoms with Gasteiger partial charge in [-0.05, 0) is 33.1 Å². The van der Waals surface area contributed by atoms with Crippen molar-refractivity contribution in [3.8, 4) is 0 Å². The van der Waals surface area contributed by atoms with Gasteiger partial charge in [-0.1, -0.05) is 0 Å². The lowest BCUT2D eigenvalue weighted by Gasteiger charge is -2.45. The lowest BCUT2D eigenvalue weighted by atomic mass is 9.68. The summed E-state index contributed by atoms with van der Waals surface area (Å²) in [6.45, 7) is 4.46. The summed E-state index contributed by atoms with van der Waals surface area (Å²) >= 11 is 0. The van der Waals surface area contributed by atoms with Crippen LogP contribution < -0.4 is 0 Å². The molecule has 0 aromatic heterocycles. The highest BCUT2D eigenvalue weighted by Gasteiger charge is 2.66. The second-order valence-corrected chi connectivity index (χ2v) is 5.05. The van der Waals surface area contributed by atoms with Crippen LogP contribution in [0.3, 0.4) is 0 Å². The van der Waals surface area contributed by atoms with Gasteiger partial charge in [0.25, 0.3) is 0 Å². The minimum atomic E-state index is -0.726. The Balaban J connectivity index is 2.41. The molecule has 0 amide bonds. The molecule has 82 valence electrons. The van der Waals surface area contributed by atoms with Crippen LogP contribution in [0, 0.1) is 5.41 Å². The fourth-order valence-corrected chi connectivity index (χ4v) is 3.40. The minimum Gasteiger partial charge on any atom is -0.390 e. The van der Waals surface area contributed by atoms with Gasteiger partial charge in [0.1, 0.15) is 0 Å². The fourth-order valence-electron chi connectivity index (χ4n) is 3.40. The van der Waals surface area contributed by atoms with Gasteiger partial charge in [0.05, 0.1) is 17.6 Å². The third-order valence-electron chi connectivity index (χ3n) is 4.20. The van der Waals surface area contributed by atoms with E-state index in [1.54, 1.807) is 7.11 Å². The molecule has 3 nitrogen and oxygen atoms in total. The van der Waals surface area contributed by atoms with E-state index in [1.165, 1.54) is 0 Å². The Morgan fingerprint density at radius 3 is 2.50 bits per heavy atom. The molecule has 1 heterocycles. The number of methoxy groups -OCH3 is 1. The van der Waals surface area contributed by atoms with Crippen molar-refractivity contribution in [2.75, 3.05) is 13.7 Å². The third kappa shape index (κ3) is 1.03. The molecule has 0 bridgehead atoms. The molecule has 0 aromatic rings. The highest BCUT2D eigenvalue weighted by molar-refractivity contribution is 5.10. The fraction of sp³-hybridized carbons (Fsp3) is 1.00. The van der Waals surface area contributed by atoms with Gasteiger partial charge in [-0.3, -0.25) is 0 Å². The maximum Gasteiger partial charge on any atom is 0.176 e. The number of ether oxygens (including phenoxy) is 2. The maximum atomic E-state index is 10.3. The van der Waals surface area contributed by atoms with Crippen LogP contribution in [0.4, 0.5) is 0 Å². The predicted molar refractivity (Wildman–Crippen MR) is 52.9 cm³/mol. The van der Waals surface area contributed by atoms with E-state index in [9.17, 15) is 5.11 Å². The van der Waals surface area contributed by atoms with E-state index < -0.39 is 11.4 Å². The van der Waals surface area contributed by atoms with Gasteiger partial charge in [-0.25, -0.2) is 0 Å². The summed E-state index contributed by atoms with van der Waals surface area (Å²) in [7, 11) is 1.69. The van der Waals surface area contributed by atoms with Crippen molar-refractivity contribution in [1.82, 2.24) is 0 Å². The third-order valence-corrected chi connectivity index (χ3v) is 4.20. The van der Waals surface area contributed by atoms with E-state index >= 15 is 0 Å². The smallest absolute Gasteiger partial charge is 0.176 e. The molecular formula is C11H20O3. The molecule has 2 rings (SSSR count). The lowest BCUT2D eigenvalue weighted by molar-refractivity contribution is -0.266. The molecule has 2 atom stereocenters. The van der Waals surface area contributed by atoms with Crippen molar-refractivity contribution in [1.29, 1.82) is 0 Å². The zero-order chi connectivity index (χ0) is 10.4. The minimum absolute atomic E-state index is 0.200. The van der Waals surface area contributed by atoms with Gasteiger partial charge in [0, 0.05) is 13.5 Å². The SMILES string of the molecule is COC12CCCC1(C(C)(C)O)CCO2. The van der Waals surface area contributed by atoms with E-state index in [2.05, 4.69) is 0 Å². The number of fused-ring (bicyclic) bond motifs is 1. The molecular weight excluding hydrogens is 180 g/mol. The second kappa shape index (κ2) is 2.94. The molecule has 0 spiro atoms. The molecule has 1 aliphatic heterocycles. The standard InChI is InChI=1S/C11H20O3/c1-9(2,12)10-5-4-6-11(10,13-3)14-8-7-10/h12H,4-8H2,1-3H3. The van der Waals surface area contributed by atoms with Crippen LogP contribution >= 0.6 is 0 Å². The Morgan fingerprint density at radius 1 is 1.29 bits per heavy atom. The molecule has 1 saturated carbocycles. The van der Waals surface area contributed by atoms with Crippen molar-refractivity contribution in [2.24, 2.45) is 5.41 Å². The largest absolute Gasteiger partial charge is 0.390 e. The molecule has 14 heavy (non-hydrogen) atoms. The summed E-state index contributed by atoms with van der Waals surface area (Å²) in [5.41, 5.74) is -0.926.